The molecule has 1 fully saturated rings. The van der Waals surface area contributed by atoms with Crippen molar-refractivity contribution < 1.29 is 5.11 Å². The molecule has 2 rings (SSSR count). The maximum absolute atomic E-state index is 9.24. The van der Waals surface area contributed by atoms with Crippen LogP contribution in [0.2, 0.25) is 0 Å². The summed E-state index contributed by atoms with van der Waals surface area (Å²) in [5, 5.41) is 9.24. The Bertz CT molecular complexity index is 306. The maximum Gasteiger partial charge on any atom is 0.0499 e. The van der Waals surface area contributed by atoms with E-state index in [1.165, 1.54) is 18.4 Å². The minimum atomic E-state index is 0.226. The van der Waals surface area contributed by atoms with Crippen molar-refractivity contribution in [1.29, 1.82) is 0 Å². The van der Waals surface area contributed by atoms with E-state index in [1.807, 2.05) is 6.07 Å². The van der Waals surface area contributed by atoms with Gasteiger partial charge in [-0.2, -0.15) is 0 Å². The Labute approximate surface area is 91.5 Å². The molecule has 15 heavy (non-hydrogen) atoms. The molecule has 1 saturated carbocycles. The minimum Gasteiger partial charge on any atom is -0.396 e. The lowest BCUT2D eigenvalue weighted by Gasteiger charge is -2.22. The van der Waals surface area contributed by atoms with Crippen molar-refractivity contribution >= 4 is 0 Å². The molecule has 0 unspecified atom stereocenters. The number of hydrogen-bond acceptors (Lipinski definition) is 2. The van der Waals surface area contributed by atoms with Gasteiger partial charge in [0, 0.05) is 25.1 Å². The monoisotopic (exact) mass is 205 g/mol. The smallest absolute Gasteiger partial charge is 0.0499 e. The molecule has 0 saturated heterocycles. The van der Waals surface area contributed by atoms with Gasteiger partial charge in [0.25, 0.3) is 0 Å². The van der Waals surface area contributed by atoms with Crippen LogP contribution in [0.4, 0.5) is 0 Å². The summed E-state index contributed by atoms with van der Waals surface area (Å²) in [6, 6.07) is 10.5. The van der Waals surface area contributed by atoms with Crippen LogP contribution >= 0.6 is 0 Å². The van der Waals surface area contributed by atoms with Gasteiger partial charge in [0.2, 0.25) is 0 Å². The molecular weight excluding hydrogens is 186 g/mol. The van der Waals surface area contributed by atoms with Crippen LogP contribution < -0.4 is 0 Å². The van der Waals surface area contributed by atoms with Crippen LogP contribution in [-0.4, -0.2) is 30.2 Å². The SMILES string of the molecule is CN(Cc1ccccc1)CC1(CO)CC1. The second-order valence-corrected chi connectivity index (χ2v) is 4.82. The highest BCUT2D eigenvalue weighted by Crippen LogP contribution is 2.45. The lowest BCUT2D eigenvalue weighted by Crippen LogP contribution is -2.28. The summed E-state index contributed by atoms with van der Waals surface area (Å²) in [4.78, 5) is 2.30. The lowest BCUT2D eigenvalue weighted by molar-refractivity contribution is 0.161. The molecule has 1 aliphatic carbocycles. The van der Waals surface area contributed by atoms with Crippen molar-refractivity contribution in [3.05, 3.63) is 35.9 Å². The van der Waals surface area contributed by atoms with E-state index in [4.69, 9.17) is 0 Å². The van der Waals surface area contributed by atoms with Crippen LogP contribution in [0.3, 0.4) is 0 Å². The quantitative estimate of drug-likeness (QED) is 0.793. The fourth-order valence-corrected chi connectivity index (χ4v) is 2.07. The Balaban J connectivity index is 1.85. The molecule has 0 heterocycles. The number of aliphatic hydroxyl groups excluding tert-OH is 1. The van der Waals surface area contributed by atoms with Gasteiger partial charge in [0.15, 0.2) is 0 Å². The van der Waals surface area contributed by atoms with E-state index in [1.54, 1.807) is 0 Å². The summed E-state index contributed by atoms with van der Waals surface area (Å²) in [7, 11) is 2.13. The van der Waals surface area contributed by atoms with Crippen molar-refractivity contribution in [2.75, 3.05) is 20.2 Å². The molecule has 0 aliphatic heterocycles. The van der Waals surface area contributed by atoms with Gasteiger partial charge in [-0.3, -0.25) is 0 Å². The van der Waals surface area contributed by atoms with Crippen LogP contribution in [-0.2, 0) is 6.54 Å². The fourth-order valence-electron chi connectivity index (χ4n) is 2.07. The minimum absolute atomic E-state index is 0.226. The topological polar surface area (TPSA) is 23.5 Å². The summed E-state index contributed by atoms with van der Waals surface area (Å²) in [5.41, 5.74) is 1.57. The molecule has 1 aromatic rings. The Kier molecular flexibility index (Phi) is 3.08. The Morgan fingerprint density at radius 2 is 1.93 bits per heavy atom. The van der Waals surface area contributed by atoms with E-state index in [0.29, 0.717) is 6.61 Å². The Morgan fingerprint density at radius 3 is 2.47 bits per heavy atom. The first-order valence-electron chi connectivity index (χ1n) is 5.57. The summed E-state index contributed by atoms with van der Waals surface area (Å²) >= 11 is 0. The lowest BCUT2D eigenvalue weighted by atomic mass is 10.1. The second kappa shape index (κ2) is 4.33. The van der Waals surface area contributed by atoms with Gasteiger partial charge < -0.3 is 10.0 Å². The summed E-state index contributed by atoms with van der Waals surface area (Å²) < 4.78 is 0. The van der Waals surface area contributed by atoms with E-state index < -0.39 is 0 Å². The third-order valence-electron chi connectivity index (χ3n) is 3.19. The van der Waals surface area contributed by atoms with E-state index >= 15 is 0 Å². The molecule has 0 spiro atoms. The van der Waals surface area contributed by atoms with Crippen LogP contribution in [0.1, 0.15) is 18.4 Å². The molecule has 0 atom stereocenters. The third-order valence-corrected chi connectivity index (χ3v) is 3.19. The fraction of sp³-hybridized carbons (Fsp3) is 0.538. The highest BCUT2D eigenvalue weighted by molar-refractivity contribution is 5.14. The molecule has 0 radical (unpaired) electrons. The zero-order valence-corrected chi connectivity index (χ0v) is 9.32. The van der Waals surface area contributed by atoms with E-state index in [9.17, 15) is 5.11 Å². The van der Waals surface area contributed by atoms with Crippen molar-refractivity contribution in [1.82, 2.24) is 4.90 Å². The number of nitrogens with zero attached hydrogens (tertiary/aromatic N) is 1. The average Bonchev–Trinajstić information content (AvgIpc) is 3.00. The summed E-state index contributed by atoms with van der Waals surface area (Å²) in [6.45, 7) is 2.33. The standard InChI is InChI=1S/C13H19NO/c1-14(10-13(11-15)7-8-13)9-12-5-3-2-4-6-12/h2-6,15H,7-11H2,1H3. The number of hydrogen-bond donors (Lipinski definition) is 1. The van der Waals surface area contributed by atoms with Crippen LogP contribution in [0.25, 0.3) is 0 Å². The zero-order chi connectivity index (χ0) is 10.7. The largest absolute Gasteiger partial charge is 0.396 e. The van der Waals surface area contributed by atoms with Gasteiger partial charge in [-0.05, 0) is 25.5 Å². The molecule has 0 bridgehead atoms. The Morgan fingerprint density at radius 1 is 1.27 bits per heavy atom. The molecule has 0 aromatic heterocycles. The Hall–Kier alpha value is -0.860. The van der Waals surface area contributed by atoms with Crippen molar-refractivity contribution in [3.8, 4) is 0 Å². The first-order valence-corrected chi connectivity index (χ1v) is 5.57. The number of rotatable bonds is 5. The van der Waals surface area contributed by atoms with Gasteiger partial charge >= 0.3 is 0 Å². The van der Waals surface area contributed by atoms with Crippen molar-refractivity contribution in [2.24, 2.45) is 5.41 Å². The molecule has 2 heteroatoms. The van der Waals surface area contributed by atoms with Crippen LogP contribution in [0.15, 0.2) is 30.3 Å². The normalized spacial score (nSPS) is 18.1. The molecular formula is C13H19NO. The molecule has 1 aromatic carbocycles. The third kappa shape index (κ3) is 2.80. The predicted molar refractivity (Wildman–Crippen MR) is 61.5 cm³/mol. The van der Waals surface area contributed by atoms with E-state index in [2.05, 4.69) is 36.2 Å². The first kappa shape index (κ1) is 10.7. The van der Waals surface area contributed by atoms with Crippen molar-refractivity contribution in [3.63, 3.8) is 0 Å². The van der Waals surface area contributed by atoms with Gasteiger partial charge in [0.05, 0.1) is 0 Å². The van der Waals surface area contributed by atoms with Gasteiger partial charge in [0.1, 0.15) is 0 Å². The first-order chi connectivity index (χ1) is 7.24. The van der Waals surface area contributed by atoms with Gasteiger partial charge in [-0.1, -0.05) is 30.3 Å². The maximum atomic E-state index is 9.24. The zero-order valence-electron chi connectivity index (χ0n) is 9.32. The molecule has 0 amide bonds. The molecule has 82 valence electrons. The van der Waals surface area contributed by atoms with Gasteiger partial charge in [-0.15, -0.1) is 0 Å². The average molecular weight is 205 g/mol. The van der Waals surface area contributed by atoms with Crippen molar-refractivity contribution in [2.45, 2.75) is 19.4 Å². The van der Waals surface area contributed by atoms with Crippen LogP contribution in [0, 0.1) is 5.41 Å². The summed E-state index contributed by atoms with van der Waals surface area (Å²) in [5.74, 6) is 0. The van der Waals surface area contributed by atoms with E-state index in [0.717, 1.165) is 13.1 Å². The van der Waals surface area contributed by atoms with Gasteiger partial charge in [-0.25, -0.2) is 0 Å². The second-order valence-electron chi connectivity index (χ2n) is 4.82. The highest BCUT2D eigenvalue weighted by atomic mass is 16.3. The van der Waals surface area contributed by atoms with Crippen LogP contribution in [0.5, 0.6) is 0 Å². The highest BCUT2D eigenvalue weighted by Gasteiger charge is 2.42. The predicted octanol–water partition coefficient (Wildman–Crippen LogP) is 1.89. The molecule has 1 N–H and O–H groups in total. The number of aliphatic hydroxyl groups is 1. The van der Waals surface area contributed by atoms with E-state index in [-0.39, 0.29) is 5.41 Å². The molecule has 1 aliphatic rings. The number of benzene rings is 1. The molecule has 2 nitrogen and oxygen atoms in total. The summed E-state index contributed by atoms with van der Waals surface area (Å²) in [6.07, 6.45) is 2.37.